The SMILES string of the molecule is Cl.O=C(CN1CCNCC1)NC1CC1. The molecule has 0 aromatic rings. The summed E-state index contributed by atoms with van der Waals surface area (Å²) in [4.78, 5) is 13.6. The number of carbonyl (C=O) groups is 1. The predicted octanol–water partition coefficient (Wildman–Crippen LogP) is -0.408. The summed E-state index contributed by atoms with van der Waals surface area (Å²) in [5.74, 6) is 0.199. The average molecular weight is 220 g/mol. The van der Waals surface area contributed by atoms with Crippen LogP contribution in [0.1, 0.15) is 12.8 Å². The fourth-order valence-electron chi connectivity index (χ4n) is 1.57. The van der Waals surface area contributed by atoms with Crippen LogP contribution < -0.4 is 10.6 Å². The van der Waals surface area contributed by atoms with Gasteiger partial charge in [0.25, 0.3) is 0 Å². The molecule has 0 aromatic heterocycles. The largest absolute Gasteiger partial charge is 0.352 e. The van der Waals surface area contributed by atoms with E-state index in [-0.39, 0.29) is 18.3 Å². The number of carbonyl (C=O) groups excluding carboxylic acids is 1. The van der Waals surface area contributed by atoms with Crippen LogP contribution >= 0.6 is 12.4 Å². The molecule has 14 heavy (non-hydrogen) atoms. The van der Waals surface area contributed by atoms with E-state index in [4.69, 9.17) is 0 Å². The highest BCUT2D eigenvalue weighted by molar-refractivity contribution is 5.85. The summed E-state index contributed by atoms with van der Waals surface area (Å²) in [5.41, 5.74) is 0. The van der Waals surface area contributed by atoms with E-state index in [1.807, 2.05) is 0 Å². The minimum absolute atomic E-state index is 0. The van der Waals surface area contributed by atoms with Crippen LogP contribution in [0, 0.1) is 0 Å². The van der Waals surface area contributed by atoms with Crippen molar-refractivity contribution in [2.45, 2.75) is 18.9 Å². The van der Waals surface area contributed by atoms with Crippen molar-refractivity contribution in [3.8, 4) is 0 Å². The van der Waals surface area contributed by atoms with Crippen LogP contribution in [0.3, 0.4) is 0 Å². The third-order valence-corrected chi connectivity index (χ3v) is 2.52. The molecule has 2 aliphatic rings. The van der Waals surface area contributed by atoms with Crippen LogP contribution in [0.25, 0.3) is 0 Å². The van der Waals surface area contributed by atoms with Gasteiger partial charge in [0.1, 0.15) is 0 Å². The van der Waals surface area contributed by atoms with Gasteiger partial charge in [-0.2, -0.15) is 0 Å². The Morgan fingerprint density at radius 1 is 1.36 bits per heavy atom. The highest BCUT2D eigenvalue weighted by Crippen LogP contribution is 2.18. The van der Waals surface area contributed by atoms with Crippen molar-refractivity contribution in [2.24, 2.45) is 0 Å². The lowest BCUT2D eigenvalue weighted by molar-refractivity contribution is -0.122. The van der Waals surface area contributed by atoms with Crippen molar-refractivity contribution in [1.29, 1.82) is 0 Å². The van der Waals surface area contributed by atoms with Crippen LogP contribution in [-0.2, 0) is 4.79 Å². The molecule has 0 aromatic carbocycles. The first kappa shape index (κ1) is 11.8. The highest BCUT2D eigenvalue weighted by Gasteiger charge is 2.24. The Kier molecular flexibility index (Phi) is 4.65. The molecule has 1 amide bonds. The topological polar surface area (TPSA) is 44.4 Å². The maximum Gasteiger partial charge on any atom is 0.234 e. The fourth-order valence-corrected chi connectivity index (χ4v) is 1.57. The second-order valence-electron chi connectivity index (χ2n) is 3.87. The molecule has 0 atom stereocenters. The Labute approximate surface area is 90.8 Å². The average Bonchev–Trinajstić information content (AvgIpc) is 2.90. The summed E-state index contributed by atoms with van der Waals surface area (Å²) in [6.07, 6.45) is 2.35. The minimum Gasteiger partial charge on any atom is -0.352 e. The number of rotatable bonds is 3. The molecule has 0 bridgehead atoms. The van der Waals surface area contributed by atoms with Gasteiger partial charge in [-0.3, -0.25) is 9.69 Å². The third-order valence-electron chi connectivity index (χ3n) is 2.52. The van der Waals surface area contributed by atoms with Crippen molar-refractivity contribution in [3.63, 3.8) is 0 Å². The molecule has 4 nitrogen and oxygen atoms in total. The first-order chi connectivity index (χ1) is 6.34. The lowest BCUT2D eigenvalue weighted by Crippen LogP contribution is -2.47. The summed E-state index contributed by atoms with van der Waals surface area (Å²) < 4.78 is 0. The van der Waals surface area contributed by atoms with Gasteiger partial charge >= 0.3 is 0 Å². The summed E-state index contributed by atoms with van der Waals surface area (Å²) in [5, 5.41) is 6.27. The number of hydrogen-bond acceptors (Lipinski definition) is 3. The van der Waals surface area contributed by atoms with E-state index in [0.717, 1.165) is 26.2 Å². The molecule has 1 heterocycles. The Morgan fingerprint density at radius 3 is 2.57 bits per heavy atom. The van der Waals surface area contributed by atoms with Gasteiger partial charge in [-0.15, -0.1) is 12.4 Å². The van der Waals surface area contributed by atoms with Gasteiger partial charge in [-0.25, -0.2) is 0 Å². The zero-order chi connectivity index (χ0) is 9.10. The first-order valence-corrected chi connectivity index (χ1v) is 5.07. The standard InChI is InChI=1S/C9H17N3O.ClH/c13-9(11-8-1-2-8)7-12-5-3-10-4-6-12;/h8,10H,1-7H2,(H,11,13);1H. The molecule has 2 fully saturated rings. The van der Waals surface area contributed by atoms with Gasteiger partial charge in [0, 0.05) is 32.2 Å². The molecule has 1 aliphatic heterocycles. The van der Waals surface area contributed by atoms with Gasteiger partial charge in [0.05, 0.1) is 6.54 Å². The van der Waals surface area contributed by atoms with Crippen molar-refractivity contribution in [1.82, 2.24) is 15.5 Å². The highest BCUT2D eigenvalue weighted by atomic mass is 35.5. The van der Waals surface area contributed by atoms with E-state index in [0.29, 0.717) is 12.6 Å². The minimum atomic E-state index is 0. The smallest absolute Gasteiger partial charge is 0.234 e. The maximum atomic E-state index is 11.4. The van der Waals surface area contributed by atoms with Crippen LogP contribution in [0.5, 0.6) is 0 Å². The van der Waals surface area contributed by atoms with E-state index >= 15 is 0 Å². The first-order valence-electron chi connectivity index (χ1n) is 5.07. The molecule has 82 valence electrons. The number of piperazine rings is 1. The van der Waals surface area contributed by atoms with Crippen LogP contribution in [-0.4, -0.2) is 49.6 Å². The number of halogens is 1. The number of hydrogen-bond donors (Lipinski definition) is 2. The molecule has 2 N–H and O–H groups in total. The molecular weight excluding hydrogens is 202 g/mol. The van der Waals surface area contributed by atoms with Crippen molar-refractivity contribution >= 4 is 18.3 Å². The Bertz CT molecular complexity index is 190. The summed E-state index contributed by atoms with van der Waals surface area (Å²) >= 11 is 0. The monoisotopic (exact) mass is 219 g/mol. The van der Waals surface area contributed by atoms with Crippen LogP contribution in [0.15, 0.2) is 0 Å². The number of amides is 1. The van der Waals surface area contributed by atoms with E-state index in [1.54, 1.807) is 0 Å². The molecule has 5 heteroatoms. The Morgan fingerprint density at radius 2 is 2.00 bits per heavy atom. The third kappa shape index (κ3) is 3.82. The Hall–Kier alpha value is -0.320. The predicted molar refractivity (Wildman–Crippen MR) is 57.7 cm³/mol. The van der Waals surface area contributed by atoms with Crippen molar-refractivity contribution < 1.29 is 4.79 Å². The molecule has 1 aliphatic carbocycles. The summed E-state index contributed by atoms with van der Waals surface area (Å²) in [7, 11) is 0. The van der Waals surface area contributed by atoms with Gasteiger partial charge in [0.15, 0.2) is 0 Å². The Balaban J connectivity index is 0.000000980. The normalized spacial score (nSPS) is 22.6. The quantitative estimate of drug-likeness (QED) is 0.679. The second kappa shape index (κ2) is 5.53. The lowest BCUT2D eigenvalue weighted by atomic mass is 10.3. The molecule has 1 saturated heterocycles. The number of nitrogens with one attached hydrogen (secondary N) is 2. The van der Waals surface area contributed by atoms with Crippen molar-refractivity contribution in [3.05, 3.63) is 0 Å². The van der Waals surface area contributed by atoms with Gasteiger partial charge < -0.3 is 10.6 Å². The molecule has 0 radical (unpaired) electrons. The number of nitrogens with zero attached hydrogens (tertiary/aromatic N) is 1. The zero-order valence-corrected chi connectivity index (χ0v) is 9.11. The van der Waals surface area contributed by atoms with E-state index in [9.17, 15) is 4.79 Å². The molecule has 1 saturated carbocycles. The molecular formula is C9H18ClN3O. The van der Waals surface area contributed by atoms with Crippen LogP contribution in [0.4, 0.5) is 0 Å². The van der Waals surface area contributed by atoms with E-state index in [1.165, 1.54) is 12.8 Å². The van der Waals surface area contributed by atoms with E-state index < -0.39 is 0 Å². The maximum absolute atomic E-state index is 11.4. The summed E-state index contributed by atoms with van der Waals surface area (Å²) in [6, 6.07) is 0.496. The van der Waals surface area contributed by atoms with Gasteiger partial charge in [-0.05, 0) is 12.8 Å². The summed E-state index contributed by atoms with van der Waals surface area (Å²) in [6.45, 7) is 4.60. The molecule has 0 spiro atoms. The second-order valence-corrected chi connectivity index (χ2v) is 3.87. The van der Waals surface area contributed by atoms with Gasteiger partial charge in [0.2, 0.25) is 5.91 Å². The zero-order valence-electron chi connectivity index (χ0n) is 8.29. The van der Waals surface area contributed by atoms with E-state index in [2.05, 4.69) is 15.5 Å². The lowest BCUT2D eigenvalue weighted by Gasteiger charge is -2.26. The van der Waals surface area contributed by atoms with Crippen molar-refractivity contribution in [2.75, 3.05) is 32.7 Å². The molecule has 0 unspecified atom stereocenters. The molecule has 2 rings (SSSR count). The van der Waals surface area contributed by atoms with Crippen LogP contribution in [0.2, 0.25) is 0 Å². The van der Waals surface area contributed by atoms with Gasteiger partial charge in [-0.1, -0.05) is 0 Å². The fraction of sp³-hybridized carbons (Fsp3) is 0.889.